The van der Waals surface area contributed by atoms with Gasteiger partial charge in [0.25, 0.3) is 0 Å². The largest absolute Gasteiger partial charge is 0.493 e. The molecule has 0 aromatic heterocycles. The van der Waals surface area contributed by atoms with Crippen LogP contribution in [-0.4, -0.2) is 80.8 Å². The number of aliphatic imine (C=N–C) groups is 1. The van der Waals surface area contributed by atoms with Gasteiger partial charge in [-0.3, -0.25) is 0 Å². The summed E-state index contributed by atoms with van der Waals surface area (Å²) in [6, 6.07) is 0. The minimum Gasteiger partial charge on any atom is -0.493 e. The summed E-state index contributed by atoms with van der Waals surface area (Å²) in [5.74, 6) is -0.690. The fourth-order valence-electron chi connectivity index (χ4n) is 1.94. The summed E-state index contributed by atoms with van der Waals surface area (Å²) >= 11 is 0. The van der Waals surface area contributed by atoms with Gasteiger partial charge in [-0.2, -0.15) is 0 Å². The number of ether oxygens (including phenoxy) is 2. The van der Waals surface area contributed by atoms with E-state index in [1.807, 2.05) is 0 Å². The molecule has 0 radical (unpaired) electrons. The molecule has 1 amide bonds. The summed E-state index contributed by atoms with van der Waals surface area (Å²) in [6.07, 6.45) is -9.60. The van der Waals surface area contributed by atoms with E-state index in [0.29, 0.717) is 0 Å². The van der Waals surface area contributed by atoms with Gasteiger partial charge in [0.2, 0.25) is 12.0 Å². The van der Waals surface area contributed by atoms with E-state index < -0.39 is 55.2 Å². The van der Waals surface area contributed by atoms with Crippen LogP contribution in [0.15, 0.2) is 4.99 Å². The smallest absolute Gasteiger partial charge is 0.437 e. The molecule has 9 heteroatoms. The molecular weight excluding hydrogens is 250 g/mol. The number of carbonyl (C=O) groups is 1. The van der Waals surface area contributed by atoms with Crippen molar-refractivity contribution in [2.24, 2.45) is 4.99 Å². The van der Waals surface area contributed by atoms with Crippen molar-refractivity contribution in [2.75, 3.05) is 6.61 Å². The molecule has 2 rings (SSSR count). The summed E-state index contributed by atoms with van der Waals surface area (Å²) in [5.41, 5.74) is 0. The minimum absolute atomic E-state index is 0.611. The van der Waals surface area contributed by atoms with Crippen LogP contribution in [-0.2, 0) is 9.47 Å². The topological polar surface area (TPSA) is 149 Å². The predicted molar refractivity (Wildman–Crippen MR) is 54.1 cm³/mol. The van der Waals surface area contributed by atoms with Crippen LogP contribution in [0.2, 0.25) is 0 Å². The average molecular weight is 263 g/mol. The van der Waals surface area contributed by atoms with Gasteiger partial charge < -0.3 is 35.0 Å². The van der Waals surface area contributed by atoms with Gasteiger partial charge in [0.05, 0.1) is 6.61 Å². The van der Waals surface area contributed by atoms with E-state index >= 15 is 0 Å². The molecule has 1 saturated heterocycles. The number of hydrogen-bond donors (Lipinski definition) is 5. The summed E-state index contributed by atoms with van der Waals surface area (Å²) in [5, 5.41) is 47.1. The SMILES string of the molecule is O=C1N=C(O)C(C2O[C@H](CO)[C@@H](O)[C@H](O)[C@H]2O)O1. The first-order valence-corrected chi connectivity index (χ1v) is 5.24. The molecular formula is C9H13NO8. The van der Waals surface area contributed by atoms with Crippen LogP contribution in [0.3, 0.4) is 0 Å². The molecule has 0 bridgehead atoms. The number of hydrogen-bond acceptors (Lipinski definition) is 7. The Labute approximate surface area is 101 Å². The standard InChI is InChI=1S/C9H13NO8/c11-1-2-3(12)4(13)5(14)6(17-2)7-8(15)10-9(16)18-7/h2-7,11-14H,1H2,(H,10,15,16)/t2-,3-,4+,5-,6?,7?/m1/s1. The Hall–Kier alpha value is -1.26. The molecule has 6 atom stereocenters. The first-order chi connectivity index (χ1) is 8.45. The van der Waals surface area contributed by atoms with E-state index in [-0.39, 0.29) is 0 Å². The van der Waals surface area contributed by atoms with Crippen molar-refractivity contribution in [1.82, 2.24) is 0 Å². The highest BCUT2D eigenvalue weighted by Crippen LogP contribution is 2.26. The lowest BCUT2D eigenvalue weighted by Crippen LogP contribution is -2.62. The van der Waals surface area contributed by atoms with Crippen molar-refractivity contribution in [3.63, 3.8) is 0 Å². The third kappa shape index (κ3) is 2.06. The first-order valence-electron chi connectivity index (χ1n) is 5.24. The number of nitrogens with zero attached hydrogens (tertiary/aromatic N) is 1. The van der Waals surface area contributed by atoms with E-state index in [1.54, 1.807) is 0 Å². The van der Waals surface area contributed by atoms with Gasteiger partial charge in [0.15, 0.2) is 0 Å². The summed E-state index contributed by atoms with van der Waals surface area (Å²) in [7, 11) is 0. The van der Waals surface area contributed by atoms with Gasteiger partial charge in [-0.15, -0.1) is 4.99 Å². The third-order valence-corrected chi connectivity index (χ3v) is 2.92. The van der Waals surface area contributed by atoms with Crippen LogP contribution in [0.1, 0.15) is 0 Å². The van der Waals surface area contributed by atoms with Gasteiger partial charge in [0, 0.05) is 0 Å². The van der Waals surface area contributed by atoms with E-state index in [9.17, 15) is 25.2 Å². The zero-order valence-corrected chi connectivity index (χ0v) is 9.08. The molecule has 2 aliphatic heterocycles. The highest BCUT2D eigenvalue weighted by molar-refractivity contribution is 5.95. The molecule has 0 saturated carbocycles. The zero-order valence-electron chi connectivity index (χ0n) is 9.08. The second kappa shape index (κ2) is 4.78. The van der Waals surface area contributed by atoms with Crippen molar-refractivity contribution in [3.05, 3.63) is 0 Å². The second-order valence-electron chi connectivity index (χ2n) is 4.07. The summed E-state index contributed by atoms with van der Waals surface area (Å²) < 4.78 is 9.71. The summed E-state index contributed by atoms with van der Waals surface area (Å²) in [4.78, 5) is 13.9. The molecule has 5 N–H and O–H groups in total. The van der Waals surface area contributed by atoms with Crippen molar-refractivity contribution in [3.8, 4) is 0 Å². The number of cyclic esters (lactones) is 1. The Kier molecular flexibility index (Phi) is 3.50. The van der Waals surface area contributed by atoms with Crippen molar-refractivity contribution < 1.29 is 39.8 Å². The normalized spacial score (nSPS) is 44.7. The maximum Gasteiger partial charge on any atom is 0.437 e. The fourth-order valence-corrected chi connectivity index (χ4v) is 1.94. The molecule has 0 aromatic carbocycles. The molecule has 102 valence electrons. The third-order valence-electron chi connectivity index (χ3n) is 2.92. The Morgan fingerprint density at radius 2 is 1.83 bits per heavy atom. The number of amides is 1. The number of aliphatic hydroxyl groups is 5. The van der Waals surface area contributed by atoms with Gasteiger partial charge in [-0.05, 0) is 0 Å². The Bertz CT molecular complexity index is 370. The van der Waals surface area contributed by atoms with E-state index in [2.05, 4.69) is 9.73 Å². The van der Waals surface area contributed by atoms with Crippen LogP contribution in [0, 0.1) is 0 Å². The Morgan fingerprint density at radius 1 is 1.17 bits per heavy atom. The Morgan fingerprint density at radius 3 is 2.33 bits per heavy atom. The molecule has 18 heavy (non-hydrogen) atoms. The Balaban J connectivity index is 2.17. The van der Waals surface area contributed by atoms with E-state index in [4.69, 9.17) is 9.84 Å². The highest BCUT2D eigenvalue weighted by atomic mass is 16.6. The summed E-state index contributed by atoms with van der Waals surface area (Å²) in [6.45, 7) is -0.611. The van der Waals surface area contributed by atoms with Gasteiger partial charge in [-0.1, -0.05) is 0 Å². The quantitative estimate of drug-likeness (QED) is 0.361. The van der Waals surface area contributed by atoms with Crippen LogP contribution in [0.5, 0.6) is 0 Å². The van der Waals surface area contributed by atoms with Gasteiger partial charge >= 0.3 is 6.09 Å². The van der Waals surface area contributed by atoms with Gasteiger partial charge in [0.1, 0.15) is 30.5 Å². The maximum atomic E-state index is 10.8. The fraction of sp³-hybridized carbons (Fsp3) is 0.778. The molecule has 2 aliphatic rings. The predicted octanol–water partition coefficient (Wildman–Crippen LogP) is -2.70. The molecule has 2 unspecified atom stereocenters. The van der Waals surface area contributed by atoms with Crippen LogP contribution in [0.4, 0.5) is 4.79 Å². The maximum absolute atomic E-state index is 10.8. The number of rotatable bonds is 2. The lowest BCUT2D eigenvalue weighted by molar-refractivity contribution is -0.241. The van der Waals surface area contributed by atoms with Crippen LogP contribution < -0.4 is 0 Å². The van der Waals surface area contributed by atoms with Crippen molar-refractivity contribution >= 4 is 12.0 Å². The molecule has 9 nitrogen and oxygen atoms in total. The molecule has 2 heterocycles. The number of aliphatic hydroxyl groups excluding tert-OH is 5. The van der Waals surface area contributed by atoms with E-state index in [1.165, 1.54) is 0 Å². The lowest BCUT2D eigenvalue weighted by atomic mass is 9.92. The van der Waals surface area contributed by atoms with Crippen LogP contribution in [0.25, 0.3) is 0 Å². The zero-order chi connectivity index (χ0) is 13.4. The number of carbonyl (C=O) groups excluding carboxylic acids is 1. The monoisotopic (exact) mass is 263 g/mol. The van der Waals surface area contributed by atoms with Crippen LogP contribution >= 0.6 is 0 Å². The second-order valence-corrected chi connectivity index (χ2v) is 4.07. The van der Waals surface area contributed by atoms with Crippen molar-refractivity contribution in [1.29, 1.82) is 0 Å². The molecule has 1 fully saturated rings. The van der Waals surface area contributed by atoms with Gasteiger partial charge in [-0.25, -0.2) is 4.79 Å². The molecule has 0 aliphatic carbocycles. The minimum atomic E-state index is -1.60. The average Bonchev–Trinajstić information content (AvgIpc) is 2.66. The first kappa shape index (κ1) is 13.2. The highest BCUT2D eigenvalue weighted by Gasteiger charge is 2.50. The molecule has 0 spiro atoms. The molecule has 0 aromatic rings. The van der Waals surface area contributed by atoms with Crippen molar-refractivity contribution in [2.45, 2.75) is 36.6 Å². The lowest BCUT2D eigenvalue weighted by Gasteiger charge is -2.41. The van der Waals surface area contributed by atoms with E-state index in [0.717, 1.165) is 0 Å².